The number of nitrogens with one attached hydrogen (secondary N) is 1. The molecule has 1 amide bonds. The van der Waals surface area contributed by atoms with E-state index < -0.39 is 0 Å². The molecule has 2 aromatic rings. The largest absolute Gasteiger partial charge is 0.355 e. The Morgan fingerprint density at radius 1 is 1.24 bits per heavy atom. The third-order valence-corrected chi connectivity index (χ3v) is 4.14. The summed E-state index contributed by atoms with van der Waals surface area (Å²) in [6.07, 6.45) is 0.723. The second-order valence-electron chi connectivity index (χ2n) is 4.07. The molecule has 1 aromatic carbocycles. The maximum atomic E-state index is 10.2. The molecule has 0 saturated heterocycles. The normalized spacial score (nSPS) is 10.2. The van der Waals surface area contributed by atoms with Gasteiger partial charge in [-0.2, -0.15) is 0 Å². The number of benzene rings is 1. The lowest BCUT2D eigenvalue weighted by Crippen LogP contribution is -2.09. The molecule has 0 saturated carbocycles. The molecule has 0 fully saturated rings. The summed E-state index contributed by atoms with van der Waals surface area (Å²) in [5.41, 5.74) is 5.06. The predicted molar refractivity (Wildman–Crippen MR) is 72.1 cm³/mol. The van der Waals surface area contributed by atoms with Crippen molar-refractivity contribution in [1.82, 2.24) is 5.32 Å². The number of hydrogen-bond acceptors (Lipinski definition) is 2. The van der Waals surface area contributed by atoms with Crippen LogP contribution in [0.25, 0.3) is 10.4 Å². The number of rotatable bonds is 4. The standard InChI is InChI=1S/C14H15NOS/c1-10-8-17-14(11(10)2)13-5-3-12(4-6-13)7-15-9-16/h3-6,8-9H,7H2,1-2H3,(H,15,16). The Bertz CT molecular complexity index is 514. The van der Waals surface area contributed by atoms with Gasteiger partial charge in [0.2, 0.25) is 6.41 Å². The summed E-state index contributed by atoms with van der Waals surface area (Å²) in [7, 11) is 0. The van der Waals surface area contributed by atoms with E-state index in [1.807, 2.05) is 0 Å². The van der Waals surface area contributed by atoms with Crippen LogP contribution in [0, 0.1) is 13.8 Å². The van der Waals surface area contributed by atoms with Crippen molar-refractivity contribution in [2.24, 2.45) is 0 Å². The maximum absolute atomic E-state index is 10.2. The summed E-state index contributed by atoms with van der Waals surface area (Å²) in [4.78, 5) is 11.5. The smallest absolute Gasteiger partial charge is 0.207 e. The van der Waals surface area contributed by atoms with Crippen LogP contribution in [-0.4, -0.2) is 6.41 Å². The average molecular weight is 245 g/mol. The van der Waals surface area contributed by atoms with Crippen LogP contribution in [0.4, 0.5) is 0 Å². The van der Waals surface area contributed by atoms with Crippen molar-refractivity contribution in [3.05, 3.63) is 46.3 Å². The van der Waals surface area contributed by atoms with Crippen LogP contribution in [0.15, 0.2) is 29.6 Å². The second-order valence-corrected chi connectivity index (χ2v) is 4.95. The van der Waals surface area contributed by atoms with Gasteiger partial charge in [-0.3, -0.25) is 4.79 Å². The molecule has 2 nitrogen and oxygen atoms in total. The van der Waals surface area contributed by atoms with Crippen molar-refractivity contribution < 1.29 is 4.79 Å². The van der Waals surface area contributed by atoms with Gasteiger partial charge in [-0.05, 0) is 41.5 Å². The molecule has 0 aliphatic carbocycles. The van der Waals surface area contributed by atoms with Crippen LogP contribution in [0.3, 0.4) is 0 Å². The predicted octanol–water partition coefficient (Wildman–Crippen LogP) is 3.28. The van der Waals surface area contributed by atoms with Gasteiger partial charge in [0.05, 0.1) is 0 Å². The third kappa shape index (κ3) is 2.56. The topological polar surface area (TPSA) is 29.1 Å². The van der Waals surface area contributed by atoms with Gasteiger partial charge >= 0.3 is 0 Å². The molecule has 2 rings (SSSR count). The summed E-state index contributed by atoms with van der Waals surface area (Å²) >= 11 is 1.78. The monoisotopic (exact) mass is 245 g/mol. The minimum Gasteiger partial charge on any atom is -0.355 e. The molecule has 0 unspecified atom stereocenters. The van der Waals surface area contributed by atoms with Gasteiger partial charge in [0.15, 0.2) is 0 Å². The number of aryl methyl sites for hydroxylation is 1. The summed E-state index contributed by atoms with van der Waals surface area (Å²) in [5.74, 6) is 0. The Balaban J connectivity index is 2.23. The number of hydrogen-bond donors (Lipinski definition) is 1. The van der Waals surface area contributed by atoms with Gasteiger partial charge in [0, 0.05) is 11.4 Å². The highest BCUT2D eigenvalue weighted by molar-refractivity contribution is 7.13. The van der Waals surface area contributed by atoms with E-state index in [9.17, 15) is 4.79 Å². The fraction of sp³-hybridized carbons (Fsp3) is 0.214. The first-order valence-electron chi connectivity index (χ1n) is 5.53. The summed E-state index contributed by atoms with van der Waals surface area (Å²) in [5, 5.41) is 4.85. The minimum atomic E-state index is 0.590. The van der Waals surface area contributed by atoms with Crippen LogP contribution >= 0.6 is 11.3 Å². The van der Waals surface area contributed by atoms with E-state index in [0.717, 1.165) is 12.0 Å². The van der Waals surface area contributed by atoms with E-state index >= 15 is 0 Å². The molecule has 0 atom stereocenters. The van der Waals surface area contributed by atoms with Gasteiger partial charge in [-0.15, -0.1) is 11.3 Å². The highest BCUT2D eigenvalue weighted by Crippen LogP contribution is 2.31. The van der Waals surface area contributed by atoms with Crippen molar-refractivity contribution in [3.8, 4) is 10.4 Å². The Kier molecular flexibility index (Phi) is 3.59. The average Bonchev–Trinajstić information content (AvgIpc) is 2.68. The maximum Gasteiger partial charge on any atom is 0.207 e. The third-order valence-electron chi connectivity index (χ3n) is 2.89. The van der Waals surface area contributed by atoms with Crippen molar-refractivity contribution in [3.63, 3.8) is 0 Å². The Hall–Kier alpha value is -1.61. The molecule has 1 aromatic heterocycles. The molecule has 0 aliphatic heterocycles. The number of carbonyl (C=O) groups excluding carboxylic acids is 1. The van der Waals surface area contributed by atoms with Crippen LogP contribution in [-0.2, 0) is 11.3 Å². The van der Waals surface area contributed by atoms with E-state index in [-0.39, 0.29) is 0 Å². The van der Waals surface area contributed by atoms with Gasteiger partial charge in [-0.1, -0.05) is 24.3 Å². The first-order chi connectivity index (χ1) is 8.22. The highest BCUT2D eigenvalue weighted by atomic mass is 32.1. The van der Waals surface area contributed by atoms with Crippen molar-refractivity contribution in [1.29, 1.82) is 0 Å². The molecule has 0 radical (unpaired) electrons. The zero-order valence-electron chi connectivity index (χ0n) is 9.99. The van der Waals surface area contributed by atoms with Gasteiger partial charge in [0.1, 0.15) is 0 Å². The fourth-order valence-corrected chi connectivity index (χ4v) is 2.80. The molecule has 0 aliphatic rings. The van der Waals surface area contributed by atoms with E-state index in [0.29, 0.717) is 6.54 Å². The minimum absolute atomic E-state index is 0.590. The van der Waals surface area contributed by atoms with Crippen molar-refractivity contribution >= 4 is 17.7 Å². The van der Waals surface area contributed by atoms with Gasteiger partial charge < -0.3 is 5.32 Å². The highest BCUT2D eigenvalue weighted by Gasteiger charge is 2.06. The first-order valence-corrected chi connectivity index (χ1v) is 6.41. The van der Waals surface area contributed by atoms with Crippen LogP contribution < -0.4 is 5.32 Å². The molecule has 17 heavy (non-hydrogen) atoms. The van der Waals surface area contributed by atoms with E-state index in [2.05, 4.69) is 48.8 Å². The van der Waals surface area contributed by atoms with Crippen LogP contribution in [0.2, 0.25) is 0 Å². The molecule has 3 heteroatoms. The Morgan fingerprint density at radius 2 is 1.94 bits per heavy atom. The molecule has 1 N–H and O–H groups in total. The zero-order chi connectivity index (χ0) is 12.3. The lowest BCUT2D eigenvalue weighted by atomic mass is 10.1. The second kappa shape index (κ2) is 5.15. The lowest BCUT2D eigenvalue weighted by molar-refractivity contribution is -0.109. The molecule has 88 valence electrons. The molecular weight excluding hydrogens is 230 g/mol. The number of amides is 1. The zero-order valence-corrected chi connectivity index (χ0v) is 10.8. The Morgan fingerprint density at radius 3 is 2.47 bits per heavy atom. The Labute approximate surface area is 105 Å². The van der Waals surface area contributed by atoms with Gasteiger partial charge in [-0.25, -0.2) is 0 Å². The van der Waals surface area contributed by atoms with Crippen LogP contribution in [0.1, 0.15) is 16.7 Å². The quantitative estimate of drug-likeness (QED) is 0.823. The first kappa shape index (κ1) is 11.9. The molecule has 0 bridgehead atoms. The summed E-state index contributed by atoms with van der Waals surface area (Å²) in [6.45, 7) is 4.88. The van der Waals surface area contributed by atoms with Gasteiger partial charge in [0.25, 0.3) is 0 Å². The summed E-state index contributed by atoms with van der Waals surface area (Å²) in [6, 6.07) is 8.33. The van der Waals surface area contributed by atoms with E-state index in [4.69, 9.17) is 0 Å². The lowest BCUT2D eigenvalue weighted by Gasteiger charge is -2.03. The molecule has 1 heterocycles. The number of thiophene rings is 1. The van der Waals surface area contributed by atoms with E-state index in [1.165, 1.54) is 21.6 Å². The van der Waals surface area contributed by atoms with Crippen molar-refractivity contribution in [2.45, 2.75) is 20.4 Å². The van der Waals surface area contributed by atoms with Crippen molar-refractivity contribution in [2.75, 3.05) is 0 Å². The SMILES string of the molecule is Cc1csc(-c2ccc(CNC=O)cc2)c1C. The molecular formula is C14H15NOS. The molecule has 0 spiro atoms. The van der Waals surface area contributed by atoms with Crippen LogP contribution in [0.5, 0.6) is 0 Å². The summed E-state index contributed by atoms with van der Waals surface area (Å²) < 4.78 is 0. The fourth-order valence-electron chi connectivity index (χ4n) is 1.72. The number of carbonyl (C=O) groups is 1. The van der Waals surface area contributed by atoms with E-state index in [1.54, 1.807) is 11.3 Å².